The Morgan fingerprint density at radius 2 is 1.81 bits per heavy atom. The highest BCUT2D eigenvalue weighted by Gasteiger charge is 2.18. The van der Waals surface area contributed by atoms with Crippen LogP contribution in [0.1, 0.15) is 36.0 Å². The van der Waals surface area contributed by atoms with Crippen LogP contribution in [0.25, 0.3) is 0 Å². The van der Waals surface area contributed by atoms with E-state index in [9.17, 15) is 14.4 Å². The fourth-order valence-corrected chi connectivity index (χ4v) is 3.52. The van der Waals surface area contributed by atoms with Crippen molar-refractivity contribution in [2.24, 2.45) is 0 Å². The summed E-state index contributed by atoms with van der Waals surface area (Å²) < 4.78 is 0. The number of thiophene rings is 1. The van der Waals surface area contributed by atoms with E-state index in [0.717, 1.165) is 4.88 Å². The normalized spacial score (nSPS) is 11.5. The first-order valence-electron chi connectivity index (χ1n) is 8.98. The van der Waals surface area contributed by atoms with Crippen LogP contribution in [0.15, 0.2) is 41.8 Å². The van der Waals surface area contributed by atoms with Gasteiger partial charge in [-0.25, -0.2) is 0 Å². The Morgan fingerprint density at radius 3 is 2.44 bits per heavy atom. The molecule has 2 aromatic rings. The number of nitrogens with one attached hydrogen (secondary N) is 2. The molecule has 0 saturated heterocycles. The van der Waals surface area contributed by atoms with Crippen molar-refractivity contribution in [3.8, 4) is 0 Å². The molecule has 1 atom stereocenters. The summed E-state index contributed by atoms with van der Waals surface area (Å²) in [6.45, 7) is 6.89. The van der Waals surface area contributed by atoms with Gasteiger partial charge in [0.25, 0.3) is 5.91 Å². The number of carbonyl (C=O) groups excluding carboxylic acids is 3. The third-order valence-electron chi connectivity index (χ3n) is 4.09. The van der Waals surface area contributed by atoms with Crippen molar-refractivity contribution < 1.29 is 14.4 Å². The van der Waals surface area contributed by atoms with Gasteiger partial charge in [-0.2, -0.15) is 0 Å². The van der Waals surface area contributed by atoms with Crippen LogP contribution in [-0.4, -0.2) is 41.8 Å². The summed E-state index contributed by atoms with van der Waals surface area (Å²) in [5.74, 6) is -1.55. The molecule has 2 N–H and O–H groups in total. The molecule has 1 heterocycles. The van der Waals surface area contributed by atoms with Gasteiger partial charge in [0, 0.05) is 41.7 Å². The maximum absolute atomic E-state index is 12.4. The fraction of sp³-hybridized carbons (Fsp3) is 0.350. The molecule has 0 saturated carbocycles. The van der Waals surface area contributed by atoms with E-state index >= 15 is 0 Å². The van der Waals surface area contributed by atoms with Crippen LogP contribution in [0.2, 0.25) is 0 Å². The number of benzene rings is 1. The molecule has 0 aliphatic rings. The van der Waals surface area contributed by atoms with Gasteiger partial charge in [-0.1, -0.05) is 12.1 Å². The van der Waals surface area contributed by atoms with E-state index in [2.05, 4.69) is 10.6 Å². The zero-order valence-corrected chi connectivity index (χ0v) is 16.6. The number of amides is 3. The molecule has 0 spiro atoms. The zero-order chi connectivity index (χ0) is 19.8. The van der Waals surface area contributed by atoms with E-state index in [1.165, 1.54) is 0 Å². The van der Waals surface area contributed by atoms with Crippen molar-refractivity contribution in [2.45, 2.75) is 33.2 Å². The summed E-state index contributed by atoms with van der Waals surface area (Å²) in [5, 5.41) is 7.22. The Morgan fingerprint density at radius 1 is 1.07 bits per heavy atom. The minimum atomic E-state index is -0.750. The number of carbonyl (C=O) groups is 3. The van der Waals surface area contributed by atoms with E-state index in [4.69, 9.17) is 0 Å². The first-order chi connectivity index (χ1) is 12.9. The summed E-state index contributed by atoms with van der Waals surface area (Å²) in [6.07, 6.45) is 0.671. The zero-order valence-electron chi connectivity index (χ0n) is 15.8. The molecule has 1 aromatic heterocycles. The van der Waals surface area contributed by atoms with Gasteiger partial charge in [-0.3, -0.25) is 14.4 Å². The van der Waals surface area contributed by atoms with Gasteiger partial charge >= 0.3 is 11.8 Å². The largest absolute Gasteiger partial charge is 0.345 e. The predicted molar refractivity (Wildman–Crippen MR) is 108 cm³/mol. The fourth-order valence-electron chi connectivity index (χ4n) is 2.68. The van der Waals surface area contributed by atoms with Crippen molar-refractivity contribution in [1.82, 2.24) is 10.2 Å². The number of rotatable bonds is 7. The van der Waals surface area contributed by atoms with E-state index < -0.39 is 11.8 Å². The predicted octanol–water partition coefficient (Wildman–Crippen LogP) is 2.92. The minimum absolute atomic E-state index is 0.106. The van der Waals surface area contributed by atoms with E-state index in [1.807, 2.05) is 38.3 Å². The average molecular weight is 388 g/mol. The Hall–Kier alpha value is -2.67. The van der Waals surface area contributed by atoms with Crippen LogP contribution in [0.4, 0.5) is 5.69 Å². The van der Waals surface area contributed by atoms with E-state index in [0.29, 0.717) is 30.8 Å². The van der Waals surface area contributed by atoms with Crippen LogP contribution in [0.3, 0.4) is 0 Å². The molecule has 0 aliphatic carbocycles. The molecule has 144 valence electrons. The van der Waals surface area contributed by atoms with Gasteiger partial charge in [-0.05, 0) is 50.4 Å². The van der Waals surface area contributed by atoms with Gasteiger partial charge in [0.2, 0.25) is 0 Å². The van der Waals surface area contributed by atoms with Crippen molar-refractivity contribution >= 4 is 34.7 Å². The SMILES string of the molecule is CCN(CC)C(=O)c1cccc(NC(=O)C(=O)NC(C)Cc2cccs2)c1. The summed E-state index contributed by atoms with van der Waals surface area (Å²) in [6, 6.07) is 10.4. The lowest BCUT2D eigenvalue weighted by molar-refractivity contribution is -0.136. The molecule has 27 heavy (non-hydrogen) atoms. The van der Waals surface area contributed by atoms with Crippen molar-refractivity contribution in [3.63, 3.8) is 0 Å². The lowest BCUT2D eigenvalue weighted by Gasteiger charge is -2.19. The second kappa shape index (κ2) is 9.87. The molecule has 0 bridgehead atoms. The van der Waals surface area contributed by atoms with Gasteiger partial charge in [0.05, 0.1) is 0 Å². The number of nitrogens with zero attached hydrogens (tertiary/aromatic N) is 1. The van der Waals surface area contributed by atoms with Gasteiger partial charge < -0.3 is 15.5 Å². The van der Waals surface area contributed by atoms with Crippen LogP contribution < -0.4 is 10.6 Å². The van der Waals surface area contributed by atoms with E-state index in [-0.39, 0.29) is 11.9 Å². The van der Waals surface area contributed by atoms with Gasteiger partial charge in [0.1, 0.15) is 0 Å². The summed E-state index contributed by atoms with van der Waals surface area (Å²) in [7, 11) is 0. The minimum Gasteiger partial charge on any atom is -0.345 e. The highest BCUT2D eigenvalue weighted by Crippen LogP contribution is 2.13. The second-order valence-electron chi connectivity index (χ2n) is 6.17. The lowest BCUT2D eigenvalue weighted by Crippen LogP contribution is -2.41. The van der Waals surface area contributed by atoms with Crippen LogP contribution in [0, 0.1) is 0 Å². The second-order valence-corrected chi connectivity index (χ2v) is 7.20. The Kier molecular flexibility index (Phi) is 7.55. The Labute approximate surface area is 163 Å². The first-order valence-corrected chi connectivity index (χ1v) is 9.86. The molecule has 6 nitrogen and oxygen atoms in total. The van der Waals surface area contributed by atoms with Crippen molar-refractivity contribution in [3.05, 3.63) is 52.2 Å². The molecular weight excluding hydrogens is 362 g/mol. The highest BCUT2D eigenvalue weighted by atomic mass is 32.1. The standard InChI is InChI=1S/C20H25N3O3S/c1-4-23(5-2)20(26)15-8-6-9-16(13-15)22-19(25)18(24)21-14(3)12-17-10-7-11-27-17/h6-11,13-14H,4-5,12H2,1-3H3,(H,21,24)(H,22,25). The molecule has 2 rings (SSSR count). The molecule has 0 radical (unpaired) electrons. The highest BCUT2D eigenvalue weighted by molar-refractivity contribution is 7.09. The molecule has 1 aromatic carbocycles. The quantitative estimate of drug-likeness (QED) is 0.717. The smallest absolute Gasteiger partial charge is 0.313 e. The monoisotopic (exact) mass is 387 g/mol. The molecule has 0 fully saturated rings. The van der Waals surface area contributed by atoms with Crippen molar-refractivity contribution in [2.75, 3.05) is 18.4 Å². The average Bonchev–Trinajstić information content (AvgIpc) is 3.15. The van der Waals surface area contributed by atoms with E-state index in [1.54, 1.807) is 40.5 Å². The van der Waals surface area contributed by atoms with Crippen molar-refractivity contribution in [1.29, 1.82) is 0 Å². The summed E-state index contributed by atoms with van der Waals surface area (Å²) in [5.41, 5.74) is 0.891. The lowest BCUT2D eigenvalue weighted by atomic mass is 10.1. The first kappa shape index (κ1) is 20.6. The third kappa shape index (κ3) is 5.92. The maximum Gasteiger partial charge on any atom is 0.313 e. The molecule has 1 unspecified atom stereocenters. The topological polar surface area (TPSA) is 78.5 Å². The van der Waals surface area contributed by atoms with Gasteiger partial charge in [0.15, 0.2) is 0 Å². The maximum atomic E-state index is 12.4. The summed E-state index contributed by atoms with van der Waals surface area (Å²) in [4.78, 5) is 39.5. The molecular formula is C20H25N3O3S. The number of anilines is 1. The van der Waals surface area contributed by atoms with Gasteiger partial charge in [-0.15, -0.1) is 11.3 Å². The van der Waals surface area contributed by atoms with Crippen LogP contribution >= 0.6 is 11.3 Å². The number of hydrogen-bond acceptors (Lipinski definition) is 4. The Bertz CT molecular complexity index is 786. The number of hydrogen-bond donors (Lipinski definition) is 2. The third-order valence-corrected chi connectivity index (χ3v) is 4.99. The Balaban J connectivity index is 1.95. The molecule has 3 amide bonds. The van der Waals surface area contributed by atoms with Crippen LogP contribution in [0.5, 0.6) is 0 Å². The summed E-state index contributed by atoms with van der Waals surface area (Å²) >= 11 is 1.61. The van der Waals surface area contributed by atoms with Crippen LogP contribution in [-0.2, 0) is 16.0 Å². The molecule has 7 heteroatoms. The molecule has 0 aliphatic heterocycles.